The van der Waals surface area contributed by atoms with Gasteiger partial charge in [0.1, 0.15) is 5.75 Å². The second-order valence-corrected chi connectivity index (χ2v) is 6.89. The fourth-order valence-electron chi connectivity index (χ4n) is 2.93. The Labute approximate surface area is 173 Å². The van der Waals surface area contributed by atoms with E-state index < -0.39 is 5.91 Å². The van der Waals surface area contributed by atoms with Crippen molar-refractivity contribution in [2.24, 2.45) is 5.73 Å². The summed E-state index contributed by atoms with van der Waals surface area (Å²) < 4.78 is 5.48. The van der Waals surface area contributed by atoms with E-state index in [2.05, 4.69) is 5.32 Å². The number of carbonyl (C=O) groups is 3. The highest BCUT2D eigenvalue weighted by atomic mass is 35.5. The Morgan fingerprint density at radius 1 is 1.00 bits per heavy atom. The summed E-state index contributed by atoms with van der Waals surface area (Å²) in [7, 11) is 0. The number of nitrogens with two attached hydrogens (primary N) is 1. The van der Waals surface area contributed by atoms with Crippen LogP contribution in [0.2, 0.25) is 5.02 Å². The van der Waals surface area contributed by atoms with Gasteiger partial charge in [0.15, 0.2) is 6.61 Å². The maximum absolute atomic E-state index is 12.4. The zero-order valence-electron chi connectivity index (χ0n) is 15.6. The van der Waals surface area contributed by atoms with E-state index in [0.29, 0.717) is 31.2 Å². The zero-order valence-corrected chi connectivity index (χ0v) is 16.4. The average molecular weight is 417 g/mol. The SMILES string of the molecule is NC(=O)c1ccc(Cl)cc1OCC(=O)N1CCN(C(=O)Nc2ccccc2)CC1. The van der Waals surface area contributed by atoms with Crippen molar-refractivity contribution in [2.75, 3.05) is 38.1 Å². The van der Waals surface area contributed by atoms with Gasteiger partial charge in [-0.25, -0.2) is 4.79 Å². The number of carbonyl (C=O) groups excluding carboxylic acids is 3. The molecule has 2 aromatic carbocycles. The molecule has 8 nitrogen and oxygen atoms in total. The van der Waals surface area contributed by atoms with Crippen molar-refractivity contribution >= 4 is 35.1 Å². The van der Waals surface area contributed by atoms with Crippen molar-refractivity contribution < 1.29 is 19.1 Å². The molecule has 1 heterocycles. The van der Waals surface area contributed by atoms with Crippen LogP contribution in [0.5, 0.6) is 5.75 Å². The number of ether oxygens (including phenoxy) is 1. The molecule has 9 heteroatoms. The minimum atomic E-state index is -0.665. The lowest BCUT2D eigenvalue weighted by molar-refractivity contribution is -0.134. The van der Waals surface area contributed by atoms with Gasteiger partial charge in [-0.3, -0.25) is 9.59 Å². The van der Waals surface area contributed by atoms with Gasteiger partial charge in [0.2, 0.25) is 0 Å². The molecule has 2 aromatic rings. The maximum atomic E-state index is 12.4. The van der Waals surface area contributed by atoms with Gasteiger partial charge < -0.3 is 25.6 Å². The number of halogens is 1. The molecule has 0 radical (unpaired) electrons. The summed E-state index contributed by atoms with van der Waals surface area (Å²) in [6.45, 7) is 1.35. The lowest BCUT2D eigenvalue weighted by Crippen LogP contribution is -2.52. The Kier molecular flexibility index (Phi) is 6.56. The molecule has 1 aliphatic rings. The molecule has 3 N–H and O–H groups in total. The number of primary amides is 1. The topological polar surface area (TPSA) is 105 Å². The molecule has 1 saturated heterocycles. The molecule has 0 spiro atoms. The standard InChI is InChI=1S/C20H21ClN4O4/c21-14-6-7-16(19(22)27)17(12-14)29-13-18(26)24-8-10-25(11-9-24)20(28)23-15-4-2-1-3-5-15/h1-7,12H,8-11,13H2,(H2,22,27)(H,23,28). The van der Waals surface area contributed by atoms with Crippen molar-refractivity contribution in [3.63, 3.8) is 0 Å². The predicted octanol–water partition coefficient (Wildman–Crippen LogP) is 2.19. The molecule has 3 rings (SSSR count). The lowest BCUT2D eigenvalue weighted by Gasteiger charge is -2.34. The fraction of sp³-hybridized carbons (Fsp3) is 0.250. The number of rotatable bonds is 5. The minimum absolute atomic E-state index is 0.157. The number of urea groups is 1. The van der Waals surface area contributed by atoms with Crippen LogP contribution in [-0.4, -0.2) is 60.4 Å². The number of anilines is 1. The number of amides is 4. The van der Waals surface area contributed by atoms with Crippen LogP contribution in [-0.2, 0) is 4.79 Å². The van der Waals surface area contributed by atoms with Gasteiger partial charge in [-0.05, 0) is 30.3 Å². The summed E-state index contributed by atoms with van der Waals surface area (Å²) in [6.07, 6.45) is 0. The van der Waals surface area contributed by atoms with E-state index in [4.69, 9.17) is 22.1 Å². The first-order chi connectivity index (χ1) is 13.9. The van der Waals surface area contributed by atoms with Crippen molar-refractivity contribution in [3.8, 4) is 5.75 Å². The summed E-state index contributed by atoms with van der Waals surface area (Å²) in [5.41, 5.74) is 6.19. The van der Waals surface area contributed by atoms with E-state index >= 15 is 0 Å². The molecule has 0 bridgehead atoms. The van der Waals surface area contributed by atoms with Crippen LogP contribution in [0.1, 0.15) is 10.4 Å². The molecule has 1 aliphatic heterocycles. The van der Waals surface area contributed by atoms with Crippen LogP contribution in [0, 0.1) is 0 Å². The predicted molar refractivity (Wildman–Crippen MR) is 109 cm³/mol. The third-order valence-electron chi connectivity index (χ3n) is 4.50. The molecule has 0 aliphatic carbocycles. The van der Waals surface area contributed by atoms with E-state index in [-0.39, 0.29) is 29.9 Å². The first-order valence-corrected chi connectivity index (χ1v) is 9.43. The highest BCUT2D eigenvalue weighted by molar-refractivity contribution is 6.30. The highest BCUT2D eigenvalue weighted by Crippen LogP contribution is 2.23. The first kappa shape index (κ1) is 20.5. The quantitative estimate of drug-likeness (QED) is 0.779. The third kappa shape index (κ3) is 5.39. The van der Waals surface area contributed by atoms with Gasteiger partial charge in [-0.1, -0.05) is 29.8 Å². The number of benzene rings is 2. The van der Waals surface area contributed by atoms with Crippen molar-refractivity contribution in [1.29, 1.82) is 0 Å². The Morgan fingerprint density at radius 3 is 2.31 bits per heavy atom. The maximum Gasteiger partial charge on any atom is 0.321 e. The molecule has 29 heavy (non-hydrogen) atoms. The lowest BCUT2D eigenvalue weighted by atomic mass is 10.2. The molecule has 0 aromatic heterocycles. The number of hydrogen-bond donors (Lipinski definition) is 2. The molecular weight excluding hydrogens is 396 g/mol. The van der Waals surface area contributed by atoms with Gasteiger partial charge >= 0.3 is 6.03 Å². The minimum Gasteiger partial charge on any atom is -0.483 e. The summed E-state index contributed by atoms with van der Waals surface area (Å²) in [5.74, 6) is -0.745. The summed E-state index contributed by atoms with van der Waals surface area (Å²) >= 11 is 5.92. The van der Waals surface area contributed by atoms with Crippen LogP contribution in [0.4, 0.5) is 10.5 Å². The van der Waals surface area contributed by atoms with Crippen LogP contribution in [0.3, 0.4) is 0 Å². The summed E-state index contributed by atoms with van der Waals surface area (Å²) in [5, 5.41) is 3.20. The van der Waals surface area contributed by atoms with Gasteiger partial charge in [-0.15, -0.1) is 0 Å². The first-order valence-electron chi connectivity index (χ1n) is 9.05. The third-order valence-corrected chi connectivity index (χ3v) is 4.74. The van der Waals surface area contributed by atoms with Crippen LogP contribution in [0.25, 0.3) is 0 Å². The molecule has 0 saturated carbocycles. The van der Waals surface area contributed by atoms with E-state index in [9.17, 15) is 14.4 Å². The number of hydrogen-bond acceptors (Lipinski definition) is 4. The van der Waals surface area contributed by atoms with E-state index in [0.717, 1.165) is 5.69 Å². The second-order valence-electron chi connectivity index (χ2n) is 6.46. The number of nitrogens with one attached hydrogen (secondary N) is 1. The Hall–Kier alpha value is -3.26. The fourth-order valence-corrected chi connectivity index (χ4v) is 3.09. The van der Waals surface area contributed by atoms with Crippen molar-refractivity contribution in [3.05, 3.63) is 59.1 Å². The Balaban J connectivity index is 1.50. The van der Waals surface area contributed by atoms with E-state index in [1.54, 1.807) is 9.80 Å². The monoisotopic (exact) mass is 416 g/mol. The van der Waals surface area contributed by atoms with E-state index in [1.165, 1.54) is 18.2 Å². The highest BCUT2D eigenvalue weighted by Gasteiger charge is 2.24. The molecular formula is C20H21ClN4O4. The van der Waals surface area contributed by atoms with Gasteiger partial charge in [0.05, 0.1) is 5.56 Å². The number of para-hydroxylation sites is 1. The zero-order chi connectivity index (χ0) is 20.8. The Bertz CT molecular complexity index is 899. The molecule has 0 unspecified atom stereocenters. The van der Waals surface area contributed by atoms with Crippen molar-refractivity contribution in [1.82, 2.24) is 9.80 Å². The van der Waals surface area contributed by atoms with Crippen LogP contribution in [0.15, 0.2) is 48.5 Å². The largest absolute Gasteiger partial charge is 0.483 e. The molecule has 0 atom stereocenters. The molecule has 1 fully saturated rings. The summed E-state index contributed by atoms with van der Waals surface area (Å²) in [6, 6.07) is 13.4. The number of nitrogens with zero attached hydrogens (tertiary/aromatic N) is 2. The van der Waals surface area contributed by atoms with Gasteiger partial charge in [0, 0.05) is 36.9 Å². The van der Waals surface area contributed by atoms with Gasteiger partial charge in [0.25, 0.3) is 11.8 Å². The number of piperazine rings is 1. The van der Waals surface area contributed by atoms with Gasteiger partial charge in [-0.2, -0.15) is 0 Å². The smallest absolute Gasteiger partial charge is 0.321 e. The van der Waals surface area contributed by atoms with Crippen LogP contribution < -0.4 is 15.8 Å². The average Bonchev–Trinajstić information content (AvgIpc) is 2.72. The summed E-state index contributed by atoms with van der Waals surface area (Å²) in [4.78, 5) is 39.5. The normalized spacial score (nSPS) is 13.7. The van der Waals surface area contributed by atoms with Crippen LogP contribution >= 0.6 is 11.6 Å². The molecule has 152 valence electrons. The molecule has 4 amide bonds. The van der Waals surface area contributed by atoms with Crippen molar-refractivity contribution in [2.45, 2.75) is 0 Å². The Morgan fingerprint density at radius 2 is 1.66 bits per heavy atom. The van der Waals surface area contributed by atoms with E-state index in [1.807, 2.05) is 30.3 Å². The second kappa shape index (κ2) is 9.29.